The molecule has 3 rings (SSSR count). The van der Waals surface area contributed by atoms with Crippen LogP contribution in [0.3, 0.4) is 0 Å². The van der Waals surface area contributed by atoms with Crippen molar-refractivity contribution in [2.24, 2.45) is 0 Å². The van der Waals surface area contributed by atoms with Crippen LogP contribution in [-0.4, -0.2) is 18.1 Å². The van der Waals surface area contributed by atoms with Gasteiger partial charge in [0.2, 0.25) is 0 Å². The third-order valence-electron chi connectivity index (χ3n) is 4.35. The van der Waals surface area contributed by atoms with E-state index in [0.717, 1.165) is 24.3 Å². The van der Waals surface area contributed by atoms with Gasteiger partial charge in [-0.15, -0.1) is 0 Å². The minimum absolute atomic E-state index is 0.590. The summed E-state index contributed by atoms with van der Waals surface area (Å²) in [7, 11) is 0. The summed E-state index contributed by atoms with van der Waals surface area (Å²) in [6, 6.07) is 10.9. The molecule has 0 unspecified atom stereocenters. The summed E-state index contributed by atoms with van der Waals surface area (Å²) in [6.07, 6.45) is 2.47. The second kappa shape index (κ2) is 5.86. The number of nitrogen functional groups attached to an aromatic ring is 1. The van der Waals surface area contributed by atoms with Crippen LogP contribution in [0.5, 0.6) is 0 Å². The van der Waals surface area contributed by atoms with Crippen LogP contribution in [0.2, 0.25) is 0 Å². The minimum Gasteiger partial charge on any atom is -0.384 e. The van der Waals surface area contributed by atoms with Crippen LogP contribution in [0.15, 0.2) is 30.3 Å². The molecule has 1 aliphatic heterocycles. The summed E-state index contributed by atoms with van der Waals surface area (Å²) >= 11 is 0. The van der Waals surface area contributed by atoms with Gasteiger partial charge in [-0.3, -0.25) is 0 Å². The van der Waals surface area contributed by atoms with Gasteiger partial charge in [0.05, 0.1) is 0 Å². The SMILES string of the molecule is Cc1cc(-c2ccc(C3CCNCC3)cc2C)cc(N)n1. The number of aryl methyl sites for hydroxylation is 2. The number of nitrogens with two attached hydrogens (primary N) is 1. The van der Waals surface area contributed by atoms with Crippen molar-refractivity contribution in [2.75, 3.05) is 18.8 Å². The highest BCUT2D eigenvalue weighted by Crippen LogP contribution is 2.31. The fourth-order valence-corrected chi connectivity index (χ4v) is 3.27. The second-order valence-electron chi connectivity index (χ2n) is 6.02. The van der Waals surface area contributed by atoms with Crippen molar-refractivity contribution in [3.63, 3.8) is 0 Å². The molecule has 1 fully saturated rings. The number of hydrogen-bond donors (Lipinski definition) is 2. The smallest absolute Gasteiger partial charge is 0.124 e. The fourth-order valence-electron chi connectivity index (χ4n) is 3.27. The molecule has 3 nitrogen and oxygen atoms in total. The van der Waals surface area contributed by atoms with Gasteiger partial charge in [0.1, 0.15) is 5.82 Å². The second-order valence-corrected chi connectivity index (χ2v) is 6.02. The van der Waals surface area contributed by atoms with Crippen molar-refractivity contribution in [3.05, 3.63) is 47.2 Å². The molecule has 0 bridgehead atoms. The standard InChI is InChI=1S/C18H23N3/c1-12-9-15(14-5-7-20-8-6-14)3-4-17(12)16-10-13(2)21-18(19)11-16/h3-4,9-11,14,20H,5-8H2,1-2H3,(H2,19,21). The molecule has 3 heteroatoms. The Bertz CT molecular complexity index is 623. The molecule has 21 heavy (non-hydrogen) atoms. The number of piperidine rings is 1. The van der Waals surface area contributed by atoms with E-state index in [4.69, 9.17) is 5.73 Å². The Kier molecular flexibility index (Phi) is 3.93. The summed E-state index contributed by atoms with van der Waals surface area (Å²) in [5, 5.41) is 3.43. The quantitative estimate of drug-likeness (QED) is 0.887. The van der Waals surface area contributed by atoms with E-state index in [1.807, 2.05) is 13.0 Å². The molecule has 2 aromatic rings. The van der Waals surface area contributed by atoms with E-state index >= 15 is 0 Å². The van der Waals surface area contributed by atoms with Crippen LogP contribution >= 0.6 is 0 Å². The highest BCUT2D eigenvalue weighted by atomic mass is 14.9. The van der Waals surface area contributed by atoms with Crippen molar-refractivity contribution in [2.45, 2.75) is 32.6 Å². The lowest BCUT2D eigenvalue weighted by molar-refractivity contribution is 0.460. The zero-order chi connectivity index (χ0) is 14.8. The lowest BCUT2D eigenvalue weighted by Crippen LogP contribution is -2.26. The van der Waals surface area contributed by atoms with Crippen LogP contribution in [0.1, 0.15) is 35.6 Å². The van der Waals surface area contributed by atoms with Gasteiger partial charge in [0.15, 0.2) is 0 Å². The van der Waals surface area contributed by atoms with Crippen molar-refractivity contribution >= 4 is 5.82 Å². The van der Waals surface area contributed by atoms with Crippen LogP contribution in [0, 0.1) is 13.8 Å². The fraction of sp³-hybridized carbons (Fsp3) is 0.389. The molecular formula is C18H23N3. The van der Waals surface area contributed by atoms with Gasteiger partial charge in [-0.1, -0.05) is 18.2 Å². The van der Waals surface area contributed by atoms with Gasteiger partial charge < -0.3 is 11.1 Å². The number of rotatable bonds is 2. The molecule has 0 aliphatic carbocycles. The zero-order valence-corrected chi connectivity index (χ0v) is 12.8. The van der Waals surface area contributed by atoms with Crippen molar-refractivity contribution < 1.29 is 0 Å². The maximum Gasteiger partial charge on any atom is 0.124 e. The molecule has 1 aromatic carbocycles. The monoisotopic (exact) mass is 281 g/mol. The first kappa shape index (κ1) is 14.1. The highest BCUT2D eigenvalue weighted by Gasteiger charge is 2.16. The van der Waals surface area contributed by atoms with Gasteiger partial charge in [-0.2, -0.15) is 0 Å². The van der Waals surface area contributed by atoms with Crippen molar-refractivity contribution in [3.8, 4) is 11.1 Å². The Morgan fingerprint density at radius 2 is 1.86 bits per heavy atom. The number of aromatic nitrogens is 1. The van der Waals surface area contributed by atoms with Crippen molar-refractivity contribution in [1.82, 2.24) is 10.3 Å². The third-order valence-corrected chi connectivity index (χ3v) is 4.35. The summed E-state index contributed by atoms with van der Waals surface area (Å²) in [4.78, 5) is 4.25. The Balaban J connectivity index is 1.93. The molecule has 1 aromatic heterocycles. The topological polar surface area (TPSA) is 50.9 Å². The molecule has 0 saturated carbocycles. The first-order valence-corrected chi connectivity index (χ1v) is 7.69. The van der Waals surface area contributed by atoms with Crippen LogP contribution in [0.25, 0.3) is 11.1 Å². The maximum atomic E-state index is 5.88. The first-order chi connectivity index (χ1) is 10.1. The van der Waals surface area contributed by atoms with Crippen LogP contribution in [-0.2, 0) is 0 Å². The van der Waals surface area contributed by atoms with E-state index in [0.29, 0.717) is 11.7 Å². The largest absolute Gasteiger partial charge is 0.384 e. The number of nitrogens with zero attached hydrogens (tertiary/aromatic N) is 1. The average molecular weight is 281 g/mol. The minimum atomic E-state index is 0.590. The predicted octanol–water partition coefficient (Wildman–Crippen LogP) is 3.41. The molecular weight excluding hydrogens is 258 g/mol. The average Bonchev–Trinajstić information content (AvgIpc) is 2.47. The molecule has 0 atom stereocenters. The van der Waals surface area contributed by atoms with Crippen molar-refractivity contribution in [1.29, 1.82) is 0 Å². The van der Waals surface area contributed by atoms with Gasteiger partial charge in [-0.25, -0.2) is 4.98 Å². The number of anilines is 1. The third kappa shape index (κ3) is 3.08. The van der Waals surface area contributed by atoms with E-state index < -0.39 is 0 Å². The van der Waals surface area contributed by atoms with Gasteiger partial charge in [0, 0.05) is 5.69 Å². The number of benzene rings is 1. The maximum absolute atomic E-state index is 5.88. The molecule has 1 saturated heterocycles. The molecule has 3 N–H and O–H groups in total. The van der Waals surface area contributed by atoms with E-state index in [1.165, 1.54) is 29.5 Å². The van der Waals surface area contributed by atoms with Gasteiger partial charge >= 0.3 is 0 Å². The highest BCUT2D eigenvalue weighted by molar-refractivity contribution is 5.70. The zero-order valence-electron chi connectivity index (χ0n) is 12.8. The lowest BCUT2D eigenvalue weighted by atomic mass is 9.87. The Labute approximate surface area is 126 Å². The molecule has 0 radical (unpaired) electrons. The van der Waals surface area contributed by atoms with Crippen LogP contribution in [0.4, 0.5) is 5.82 Å². The molecule has 110 valence electrons. The van der Waals surface area contributed by atoms with E-state index in [2.05, 4.69) is 41.5 Å². The van der Waals surface area contributed by atoms with E-state index in [9.17, 15) is 0 Å². The Morgan fingerprint density at radius 3 is 2.52 bits per heavy atom. The Morgan fingerprint density at radius 1 is 1.10 bits per heavy atom. The molecule has 0 amide bonds. The normalized spacial score (nSPS) is 16.1. The van der Waals surface area contributed by atoms with Gasteiger partial charge in [-0.05, 0) is 80.1 Å². The summed E-state index contributed by atoms with van der Waals surface area (Å²) in [5.74, 6) is 1.29. The summed E-state index contributed by atoms with van der Waals surface area (Å²) in [5.41, 5.74) is 12.0. The number of hydrogen-bond acceptors (Lipinski definition) is 3. The molecule has 2 heterocycles. The van der Waals surface area contributed by atoms with Crippen LogP contribution < -0.4 is 11.1 Å². The van der Waals surface area contributed by atoms with E-state index in [-0.39, 0.29) is 0 Å². The van der Waals surface area contributed by atoms with Gasteiger partial charge in [0.25, 0.3) is 0 Å². The summed E-state index contributed by atoms with van der Waals surface area (Å²) < 4.78 is 0. The number of pyridine rings is 1. The lowest BCUT2D eigenvalue weighted by Gasteiger charge is -2.23. The number of nitrogens with one attached hydrogen (secondary N) is 1. The summed E-state index contributed by atoms with van der Waals surface area (Å²) in [6.45, 7) is 6.43. The van der Waals surface area contributed by atoms with E-state index in [1.54, 1.807) is 0 Å². The first-order valence-electron chi connectivity index (χ1n) is 7.69. The molecule has 0 spiro atoms. The Hall–Kier alpha value is -1.87. The predicted molar refractivity (Wildman–Crippen MR) is 88.4 cm³/mol. The molecule has 1 aliphatic rings.